The van der Waals surface area contributed by atoms with Gasteiger partial charge in [-0.2, -0.15) is 0 Å². The molecule has 0 aliphatic heterocycles. The van der Waals surface area contributed by atoms with E-state index in [9.17, 15) is 9.59 Å². The van der Waals surface area contributed by atoms with E-state index >= 15 is 0 Å². The van der Waals surface area contributed by atoms with Crippen LogP contribution in [0.4, 0.5) is 0 Å². The van der Waals surface area contributed by atoms with Gasteiger partial charge in [0.05, 0.1) is 0 Å². The van der Waals surface area contributed by atoms with Gasteiger partial charge in [-0.3, -0.25) is 9.59 Å². The lowest BCUT2D eigenvalue weighted by Crippen LogP contribution is -2.54. The second-order valence-corrected chi connectivity index (χ2v) is 10.8. The zero-order chi connectivity index (χ0) is 24.8. The third-order valence-electron chi connectivity index (χ3n) is 5.20. The molecule has 0 heterocycles. The number of ether oxygens (including phenoxy) is 1. The van der Waals surface area contributed by atoms with Crippen molar-refractivity contribution in [1.82, 2.24) is 10.2 Å². The van der Waals surface area contributed by atoms with Crippen LogP contribution in [0.1, 0.15) is 66.0 Å². The van der Waals surface area contributed by atoms with E-state index in [1.165, 1.54) is 0 Å². The van der Waals surface area contributed by atoms with Crippen molar-refractivity contribution in [3.05, 3.63) is 64.7 Å². The Morgan fingerprint density at radius 2 is 1.61 bits per heavy atom. The molecule has 1 atom stereocenters. The summed E-state index contributed by atoms with van der Waals surface area (Å²) in [4.78, 5) is 28.1. The fraction of sp³-hybridized carbons (Fsp3) is 0.481. The molecular weight excluding hydrogens is 436 g/mol. The fourth-order valence-corrected chi connectivity index (χ4v) is 3.72. The SMILES string of the molecule is CC[C@H](C(=O)NC(C)(C)C)N(Cc1ccc(Cl)cc1)C(=O)COc1ccccc1C(C)(C)C. The van der Waals surface area contributed by atoms with Crippen LogP contribution in [0, 0.1) is 0 Å². The predicted octanol–water partition coefficient (Wildman–Crippen LogP) is 5.74. The van der Waals surface area contributed by atoms with Gasteiger partial charge in [0.2, 0.25) is 5.91 Å². The molecular formula is C27H37ClN2O3. The van der Waals surface area contributed by atoms with E-state index in [-0.39, 0.29) is 30.4 Å². The van der Waals surface area contributed by atoms with E-state index in [4.69, 9.17) is 16.3 Å². The number of hydrogen-bond acceptors (Lipinski definition) is 3. The number of benzene rings is 2. The van der Waals surface area contributed by atoms with Crippen molar-refractivity contribution in [3.8, 4) is 5.75 Å². The van der Waals surface area contributed by atoms with Gasteiger partial charge in [0.25, 0.3) is 5.91 Å². The van der Waals surface area contributed by atoms with Crippen molar-refractivity contribution in [2.75, 3.05) is 6.61 Å². The van der Waals surface area contributed by atoms with Crippen LogP contribution in [-0.4, -0.2) is 34.9 Å². The second-order valence-electron chi connectivity index (χ2n) is 10.3. The molecule has 0 aromatic heterocycles. The summed E-state index contributed by atoms with van der Waals surface area (Å²) in [5.41, 5.74) is 1.40. The first-order chi connectivity index (χ1) is 15.3. The minimum atomic E-state index is -0.617. The largest absolute Gasteiger partial charge is 0.483 e. The molecule has 6 heteroatoms. The summed E-state index contributed by atoms with van der Waals surface area (Å²) >= 11 is 6.03. The summed E-state index contributed by atoms with van der Waals surface area (Å²) in [6.07, 6.45) is 0.486. The van der Waals surface area contributed by atoms with Crippen LogP contribution in [0.25, 0.3) is 0 Å². The normalized spacial score (nSPS) is 12.7. The molecule has 2 amide bonds. The molecule has 0 saturated heterocycles. The monoisotopic (exact) mass is 472 g/mol. The smallest absolute Gasteiger partial charge is 0.261 e. The molecule has 0 unspecified atom stereocenters. The zero-order valence-corrected chi connectivity index (χ0v) is 21.6. The van der Waals surface area contributed by atoms with Crippen LogP contribution in [0.5, 0.6) is 5.75 Å². The molecule has 5 nitrogen and oxygen atoms in total. The molecule has 0 spiro atoms. The summed E-state index contributed by atoms with van der Waals surface area (Å²) in [5.74, 6) is 0.254. The van der Waals surface area contributed by atoms with Gasteiger partial charge in [0.15, 0.2) is 6.61 Å². The molecule has 0 bridgehead atoms. The molecule has 2 rings (SSSR count). The van der Waals surface area contributed by atoms with E-state index in [2.05, 4.69) is 26.1 Å². The van der Waals surface area contributed by atoms with Gasteiger partial charge in [0, 0.05) is 17.1 Å². The molecule has 0 radical (unpaired) electrons. The number of nitrogens with one attached hydrogen (secondary N) is 1. The number of para-hydroxylation sites is 1. The highest BCUT2D eigenvalue weighted by atomic mass is 35.5. The summed E-state index contributed by atoms with van der Waals surface area (Å²) in [6, 6.07) is 14.4. The first-order valence-corrected chi connectivity index (χ1v) is 11.8. The number of hydrogen-bond donors (Lipinski definition) is 1. The Labute approximate surface area is 203 Å². The van der Waals surface area contributed by atoms with Gasteiger partial charge in [0.1, 0.15) is 11.8 Å². The Morgan fingerprint density at radius 3 is 2.15 bits per heavy atom. The second kappa shape index (κ2) is 11.1. The van der Waals surface area contributed by atoms with E-state index in [0.717, 1.165) is 11.1 Å². The molecule has 0 saturated carbocycles. The summed E-state index contributed by atoms with van der Waals surface area (Å²) in [6.45, 7) is 14.1. The summed E-state index contributed by atoms with van der Waals surface area (Å²) in [5, 5.41) is 3.63. The number of rotatable bonds is 8. The van der Waals surface area contributed by atoms with Gasteiger partial charge in [-0.1, -0.05) is 69.6 Å². The van der Waals surface area contributed by atoms with Crippen molar-refractivity contribution in [1.29, 1.82) is 0 Å². The van der Waals surface area contributed by atoms with Crippen LogP contribution < -0.4 is 10.1 Å². The number of halogens is 1. The Morgan fingerprint density at radius 1 is 1.00 bits per heavy atom. The van der Waals surface area contributed by atoms with Crippen LogP contribution in [0.2, 0.25) is 5.02 Å². The number of carbonyl (C=O) groups is 2. The molecule has 33 heavy (non-hydrogen) atoms. The molecule has 180 valence electrons. The molecule has 0 aliphatic carbocycles. The Hall–Kier alpha value is -2.53. The molecule has 0 fully saturated rings. The van der Waals surface area contributed by atoms with Gasteiger partial charge in [-0.25, -0.2) is 0 Å². The Balaban J connectivity index is 2.29. The number of amides is 2. The van der Waals surface area contributed by atoms with Gasteiger partial charge in [-0.15, -0.1) is 0 Å². The minimum Gasteiger partial charge on any atom is -0.483 e. The maximum absolute atomic E-state index is 13.4. The highest BCUT2D eigenvalue weighted by Gasteiger charge is 2.31. The molecule has 2 aromatic rings. The molecule has 1 N–H and O–H groups in total. The van der Waals surface area contributed by atoms with Crippen molar-refractivity contribution < 1.29 is 14.3 Å². The number of nitrogens with zero attached hydrogens (tertiary/aromatic N) is 1. The minimum absolute atomic E-state index is 0.124. The highest BCUT2D eigenvalue weighted by molar-refractivity contribution is 6.30. The Kier molecular flexibility index (Phi) is 8.96. The third-order valence-corrected chi connectivity index (χ3v) is 5.45. The van der Waals surface area contributed by atoms with Gasteiger partial charge >= 0.3 is 0 Å². The summed E-state index contributed by atoms with van der Waals surface area (Å²) in [7, 11) is 0. The lowest BCUT2D eigenvalue weighted by molar-refractivity contribution is -0.143. The third kappa shape index (κ3) is 8.08. The maximum atomic E-state index is 13.4. The fourth-order valence-electron chi connectivity index (χ4n) is 3.59. The van der Waals surface area contributed by atoms with E-state index in [1.54, 1.807) is 17.0 Å². The first kappa shape index (κ1) is 26.7. The summed E-state index contributed by atoms with van der Waals surface area (Å²) < 4.78 is 5.99. The quantitative estimate of drug-likeness (QED) is 0.533. The van der Waals surface area contributed by atoms with Gasteiger partial charge < -0.3 is 15.0 Å². The van der Waals surface area contributed by atoms with Crippen molar-refractivity contribution in [2.24, 2.45) is 0 Å². The lowest BCUT2D eigenvalue weighted by atomic mass is 9.86. The van der Waals surface area contributed by atoms with E-state index in [1.807, 2.05) is 64.1 Å². The highest BCUT2D eigenvalue weighted by Crippen LogP contribution is 2.31. The van der Waals surface area contributed by atoms with Crippen LogP contribution in [-0.2, 0) is 21.5 Å². The van der Waals surface area contributed by atoms with E-state index < -0.39 is 11.6 Å². The van der Waals surface area contributed by atoms with Gasteiger partial charge in [-0.05, 0) is 61.9 Å². The number of carbonyl (C=O) groups excluding carboxylic acids is 2. The lowest BCUT2D eigenvalue weighted by Gasteiger charge is -2.33. The van der Waals surface area contributed by atoms with Crippen molar-refractivity contribution in [2.45, 2.75) is 78.4 Å². The van der Waals surface area contributed by atoms with Crippen molar-refractivity contribution >= 4 is 23.4 Å². The standard InChI is InChI=1S/C27H37ClN2O3/c1-8-22(25(32)29-27(5,6)7)30(17-19-13-15-20(28)16-14-19)24(31)18-33-23-12-10-9-11-21(23)26(2,3)4/h9-16,22H,8,17-18H2,1-7H3,(H,29,32)/t22-/m1/s1. The van der Waals surface area contributed by atoms with Crippen LogP contribution in [0.15, 0.2) is 48.5 Å². The molecule has 2 aromatic carbocycles. The molecule has 0 aliphatic rings. The topological polar surface area (TPSA) is 58.6 Å². The average Bonchev–Trinajstić information content (AvgIpc) is 2.71. The van der Waals surface area contributed by atoms with Crippen LogP contribution >= 0.6 is 11.6 Å². The van der Waals surface area contributed by atoms with E-state index in [0.29, 0.717) is 17.2 Å². The maximum Gasteiger partial charge on any atom is 0.261 e. The Bertz CT molecular complexity index is 943. The zero-order valence-electron chi connectivity index (χ0n) is 20.9. The predicted molar refractivity (Wildman–Crippen MR) is 135 cm³/mol. The van der Waals surface area contributed by atoms with Crippen molar-refractivity contribution in [3.63, 3.8) is 0 Å². The first-order valence-electron chi connectivity index (χ1n) is 11.4. The van der Waals surface area contributed by atoms with Crippen LogP contribution in [0.3, 0.4) is 0 Å². The average molecular weight is 473 g/mol.